The van der Waals surface area contributed by atoms with Crippen molar-refractivity contribution in [1.29, 1.82) is 0 Å². The van der Waals surface area contributed by atoms with Crippen molar-refractivity contribution in [2.75, 3.05) is 13.6 Å². The molecule has 1 aromatic carbocycles. The molecule has 0 radical (unpaired) electrons. The minimum atomic E-state index is -4.31. The first-order chi connectivity index (χ1) is 11.4. The molecule has 0 bridgehead atoms. The van der Waals surface area contributed by atoms with Crippen LogP contribution >= 0.6 is 24.0 Å². The highest BCUT2D eigenvalue weighted by Gasteiger charge is 2.29. The number of nitrogens with zero attached hydrogens (tertiary/aromatic N) is 3. The van der Waals surface area contributed by atoms with Gasteiger partial charge in [0, 0.05) is 20.5 Å². The van der Waals surface area contributed by atoms with Gasteiger partial charge in [-0.1, -0.05) is 17.3 Å². The van der Waals surface area contributed by atoms with Crippen molar-refractivity contribution < 1.29 is 17.7 Å². The molecular weight excluding hydrogens is 450 g/mol. The SMILES string of the molecule is CN=C(NCCc1ccc(C(F)(F)F)cc1)NCc1noc(C)n1.I. The molecule has 0 aliphatic carbocycles. The minimum absolute atomic E-state index is 0. The summed E-state index contributed by atoms with van der Waals surface area (Å²) in [5, 5.41) is 9.84. The van der Waals surface area contributed by atoms with Crippen LogP contribution in [-0.4, -0.2) is 29.7 Å². The van der Waals surface area contributed by atoms with Crippen LogP contribution in [0.4, 0.5) is 13.2 Å². The zero-order valence-corrected chi connectivity index (χ0v) is 16.1. The van der Waals surface area contributed by atoms with Crippen molar-refractivity contribution in [3.8, 4) is 0 Å². The summed E-state index contributed by atoms with van der Waals surface area (Å²) in [6.07, 6.45) is -3.74. The molecule has 0 aliphatic heterocycles. The molecule has 10 heteroatoms. The fraction of sp³-hybridized carbons (Fsp3) is 0.400. The van der Waals surface area contributed by atoms with Gasteiger partial charge < -0.3 is 15.2 Å². The van der Waals surface area contributed by atoms with Crippen LogP contribution in [0, 0.1) is 6.92 Å². The molecule has 1 aromatic heterocycles. The topological polar surface area (TPSA) is 75.3 Å². The van der Waals surface area contributed by atoms with Crippen LogP contribution in [0.3, 0.4) is 0 Å². The third kappa shape index (κ3) is 6.88. The molecule has 0 amide bonds. The predicted molar refractivity (Wildman–Crippen MR) is 97.8 cm³/mol. The normalized spacial score (nSPS) is 11.8. The maximum Gasteiger partial charge on any atom is 0.416 e. The third-order valence-electron chi connectivity index (χ3n) is 3.19. The Balaban J connectivity index is 0.00000312. The largest absolute Gasteiger partial charge is 0.416 e. The molecule has 0 spiro atoms. The Morgan fingerprint density at radius 3 is 2.40 bits per heavy atom. The molecule has 0 fully saturated rings. The molecule has 0 saturated carbocycles. The van der Waals surface area contributed by atoms with Gasteiger partial charge in [-0.05, 0) is 24.1 Å². The average Bonchev–Trinajstić information content (AvgIpc) is 2.96. The number of benzene rings is 1. The van der Waals surface area contributed by atoms with Crippen LogP contribution in [0.1, 0.15) is 22.8 Å². The number of aliphatic imine (C=N–C) groups is 1. The van der Waals surface area contributed by atoms with E-state index in [4.69, 9.17) is 4.52 Å². The van der Waals surface area contributed by atoms with E-state index in [1.165, 1.54) is 12.1 Å². The Kier molecular flexibility index (Phi) is 8.13. The van der Waals surface area contributed by atoms with Crippen LogP contribution in [-0.2, 0) is 19.1 Å². The van der Waals surface area contributed by atoms with Gasteiger partial charge >= 0.3 is 6.18 Å². The second-order valence-corrected chi connectivity index (χ2v) is 5.03. The van der Waals surface area contributed by atoms with Gasteiger partial charge in [0.2, 0.25) is 5.89 Å². The number of guanidine groups is 1. The van der Waals surface area contributed by atoms with Crippen molar-refractivity contribution in [2.45, 2.75) is 26.1 Å². The maximum atomic E-state index is 12.5. The summed E-state index contributed by atoms with van der Waals surface area (Å²) in [4.78, 5) is 8.10. The number of rotatable bonds is 5. The zero-order chi connectivity index (χ0) is 17.6. The molecule has 2 N–H and O–H groups in total. The first-order valence-corrected chi connectivity index (χ1v) is 7.28. The standard InChI is InChI=1S/C15H18F3N5O.HI/c1-10-22-13(23-24-10)9-21-14(19-2)20-8-7-11-3-5-12(6-4-11)15(16,17)18;/h3-6H,7-9H2,1-2H3,(H2,19,20,21);1H. The van der Waals surface area contributed by atoms with Crippen LogP contribution in [0.25, 0.3) is 0 Å². The molecule has 2 rings (SSSR count). The van der Waals surface area contributed by atoms with Crippen molar-refractivity contribution in [2.24, 2.45) is 4.99 Å². The summed E-state index contributed by atoms with van der Waals surface area (Å²) in [5.41, 5.74) is 0.159. The molecule has 2 aromatic rings. The van der Waals surface area contributed by atoms with E-state index in [2.05, 4.69) is 25.8 Å². The average molecular weight is 469 g/mol. The fourth-order valence-corrected chi connectivity index (χ4v) is 1.98. The maximum absolute atomic E-state index is 12.5. The molecule has 0 aliphatic rings. The summed E-state index contributed by atoms with van der Waals surface area (Å²) in [5.74, 6) is 1.54. The lowest BCUT2D eigenvalue weighted by atomic mass is 10.1. The van der Waals surface area contributed by atoms with Gasteiger partial charge in [0.05, 0.1) is 12.1 Å². The number of hydrogen-bond acceptors (Lipinski definition) is 4. The summed E-state index contributed by atoms with van der Waals surface area (Å²) >= 11 is 0. The Morgan fingerprint density at radius 1 is 1.20 bits per heavy atom. The zero-order valence-electron chi connectivity index (χ0n) is 13.7. The number of aryl methyl sites for hydroxylation is 1. The second kappa shape index (κ2) is 9.59. The lowest BCUT2D eigenvalue weighted by molar-refractivity contribution is -0.137. The monoisotopic (exact) mass is 469 g/mol. The van der Waals surface area contributed by atoms with E-state index in [1.807, 2.05) is 0 Å². The van der Waals surface area contributed by atoms with Crippen molar-refractivity contribution in [3.05, 3.63) is 47.1 Å². The van der Waals surface area contributed by atoms with Crippen LogP contribution < -0.4 is 10.6 Å². The highest BCUT2D eigenvalue weighted by atomic mass is 127. The smallest absolute Gasteiger partial charge is 0.356 e. The first-order valence-electron chi connectivity index (χ1n) is 7.28. The van der Waals surface area contributed by atoms with Gasteiger partial charge in [0.25, 0.3) is 0 Å². The van der Waals surface area contributed by atoms with Gasteiger partial charge in [0.15, 0.2) is 11.8 Å². The summed E-state index contributed by atoms with van der Waals surface area (Å²) < 4.78 is 42.4. The molecular formula is C15H19F3IN5O. The lowest BCUT2D eigenvalue weighted by Crippen LogP contribution is -2.38. The molecule has 0 saturated heterocycles. The van der Waals surface area contributed by atoms with E-state index >= 15 is 0 Å². The van der Waals surface area contributed by atoms with E-state index in [-0.39, 0.29) is 24.0 Å². The Labute approximate surface area is 160 Å². The summed E-state index contributed by atoms with van der Waals surface area (Å²) in [6, 6.07) is 5.12. The first kappa shape index (κ1) is 21.2. The van der Waals surface area contributed by atoms with Crippen molar-refractivity contribution in [3.63, 3.8) is 0 Å². The minimum Gasteiger partial charge on any atom is -0.356 e. The molecule has 1 heterocycles. The Morgan fingerprint density at radius 2 is 1.88 bits per heavy atom. The van der Waals surface area contributed by atoms with Crippen molar-refractivity contribution in [1.82, 2.24) is 20.8 Å². The van der Waals surface area contributed by atoms with Crippen LogP contribution in [0.15, 0.2) is 33.8 Å². The number of nitrogens with one attached hydrogen (secondary N) is 2. The number of aromatic nitrogens is 2. The van der Waals surface area contributed by atoms with Crippen LogP contribution in [0.5, 0.6) is 0 Å². The lowest BCUT2D eigenvalue weighted by Gasteiger charge is -2.11. The molecule has 0 atom stereocenters. The number of halogens is 4. The molecule has 0 unspecified atom stereocenters. The predicted octanol–water partition coefficient (Wildman–Crippen LogP) is 2.92. The molecule has 138 valence electrons. The highest BCUT2D eigenvalue weighted by Crippen LogP contribution is 2.29. The summed E-state index contributed by atoms with van der Waals surface area (Å²) in [7, 11) is 1.62. The quantitative estimate of drug-likeness (QED) is 0.400. The van der Waals surface area contributed by atoms with E-state index in [9.17, 15) is 13.2 Å². The Hall–Kier alpha value is -1.85. The van der Waals surface area contributed by atoms with E-state index in [0.717, 1.165) is 17.7 Å². The van der Waals surface area contributed by atoms with Gasteiger partial charge in [0.1, 0.15) is 0 Å². The highest BCUT2D eigenvalue weighted by molar-refractivity contribution is 14.0. The van der Waals surface area contributed by atoms with Gasteiger partial charge in [-0.2, -0.15) is 18.2 Å². The number of hydrogen-bond donors (Lipinski definition) is 2. The fourth-order valence-electron chi connectivity index (χ4n) is 1.98. The van der Waals surface area contributed by atoms with Gasteiger partial charge in [-0.3, -0.25) is 4.99 Å². The molecule has 25 heavy (non-hydrogen) atoms. The van der Waals surface area contributed by atoms with E-state index in [0.29, 0.717) is 37.2 Å². The Bertz CT molecular complexity index is 685. The summed E-state index contributed by atoms with van der Waals surface area (Å²) in [6.45, 7) is 2.58. The number of alkyl halides is 3. The van der Waals surface area contributed by atoms with Gasteiger partial charge in [-0.25, -0.2) is 0 Å². The second-order valence-electron chi connectivity index (χ2n) is 5.03. The van der Waals surface area contributed by atoms with E-state index < -0.39 is 11.7 Å². The van der Waals surface area contributed by atoms with Gasteiger partial charge in [-0.15, -0.1) is 24.0 Å². The van der Waals surface area contributed by atoms with E-state index in [1.54, 1.807) is 14.0 Å². The van der Waals surface area contributed by atoms with Crippen LogP contribution in [0.2, 0.25) is 0 Å². The van der Waals surface area contributed by atoms with Crippen molar-refractivity contribution >= 4 is 29.9 Å². The molecule has 6 nitrogen and oxygen atoms in total. The third-order valence-corrected chi connectivity index (χ3v) is 3.19.